The van der Waals surface area contributed by atoms with E-state index in [1.807, 2.05) is 24.3 Å². The molecule has 0 atom stereocenters. The summed E-state index contributed by atoms with van der Waals surface area (Å²) in [6.45, 7) is 0. The second-order valence-corrected chi connectivity index (χ2v) is 9.67. The maximum Gasteiger partial charge on any atom is 0.119 e. The van der Waals surface area contributed by atoms with Gasteiger partial charge >= 0.3 is 0 Å². The lowest BCUT2D eigenvalue weighted by molar-refractivity contribution is 0.415. The number of fused-ring (bicyclic) bond motifs is 1. The normalized spacial score (nSPS) is 10.5. The van der Waals surface area contributed by atoms with Crippen LogP contribution in [0, 0.1) is 11.8 Å². The molecule has 0 aliphatic heterocycles. The summed E-state index contributed by atoms with van der Waals surface area (Å²) in [4.78, 5) is 2.20. The first-order valence-electron chi connectivity index (χ1n) is 13.5. The molecule has 4 aromatic carbocycles. The van der Waals surface area contributed by atoms with Crippen molar-refractivity contribution in [3.63, 3.8) is 0 Å². The van der Waals surface area contributed by atoms with Gasteiger partial charge in [0.15, 0.2) is 0 Å². The van der Waals surface area contributed by atoms with Gasteiger partial charge in [-0.25, -0.2) is 0 Å². The van der Waals surface area contributed by atoms with E-state index in [0.717, 1.165) is 39.7 Å². The van der Waals surface area contributed by atoms with Crippen molar-refractivity contribution in [3.05, 3.63) is 151 Å². The van der Waals surface area contributed by atoms with Gasteiger partial charge in [0.05, 0.1) is 14.2 Å². The Hall–Kier alpha value is -5.46. The lowest BCUT2D eigenvalue weighted by Gasteiger charge is -2.25. The third-order valence-electron chi connectivity index (χ3n) is 7.09. The summed E-state index contributed by atoms with van der Waals surface area (Å²) in [5, 5.41) is 0. The van der Waals surface area contributed by atoms with Crippen LogP contribution in [0.5, 0.6) is 11.5 Å². The van der Waals surface area contributed by atoms with Crippen molar-refractivity contribution >= 4 is 17.1 Å². The topological polar surface area (TPSA) is 21.7 Å². The van der Waals surface area contributed by atoms with Gasteiger partial charge in [-0.3, -0.25) is 0 Å². The summed E-state index contributed by atoms with van der Waals surface area (Å²) in [7, 11) is 3.35. The Balaban J connectivity index is 1.23. The number of ether oxygens (including phenoxy) is 2. The van der Waals surface area contributed by atoms with Gasteiger partial charge in [-0.15, -0.1) is 0 Å². The number of benzene rings is 4. The number of hydrogen-bond donors (Lipinski definition) is 0. The molecule has 0 saturated heterocycles. The van der Waals surface area contributed by atoms with Gasteiger partial charge in [-0.1, -0.05) is 54.3 Å². The summed E-state index contributed by atoms with van der Waals surface area (Å²) in [6.07, 6.45) is 0. The fraction of sp³-hybridized carbons (Fsp3) is 0.0526. The van der Waals surface area contributed by atoms with E-state index >= 15 is 0 Å². The zero-order chi connectivity index (χ0) is 28.0. The largest absolute Gasteiger partial charge is 0.497 e. The molecule has 198 valence electrons. The van der Waals surface area contributed by atoms with Crippen molar-refractivity contribution in [1.29, 1.82) is 0 Å². The zero-order valence-corrected chi connectivity index (χ0v) is 23.0. The van der Waals surface area contributed by atoms with E-state index in [1.54, 1.807) is 14.2 Å². The number of nitrogens with zero attached hydrogens (tertiary/aromatic N) is 1. The van der Waals surface area contributed by atoms with Crippen molar-refractivity contribution < 1.29 is 9.47 Å². The van der Waals surface area contributed by atoms with Crippen molar-refractivity contribution in [1.82, 2.24) is 0 Å². The van der Waals surface area contributed by atoms with Crippen LogP contribution in [0.25, 0.3) is 22.3 Å². The number of methoxy groups -OCH3 is 2. The van der Waals surface area contributed by atoms with Crippen LogP contribution in [0.2, 0.25) is 0 Å². The Labute approximate surface area is 241 Å². The minimum atomic E-state index is 0.819. The Bertz CT molecular complexity index is 1700. The van der Waals surface area contributed by atoms with Crippen molar-refractivity contribution in [3.8, 4) is 45.6 Å². The van der Waals surface area contributed by atoms with E-state index in [2.05, 4.69) is 132 Å². The summed E-state index contributed by atoms with van der Waals surface area (Å²) in [5.74, 6) is 8.27. The van der Waals surface area contributed by atoms with E-state index in [4.69, 9.17) is 9.47 Å². The molecule has 0 amide bonds. The van der Waals surface area contributed by atoms with Crippen LogP contribution in [0.15, 0.2) is 140 Å². The first-order valence-corrected chi connectivity index (χ1v) is 13.5. The molecule has 0 heterocycles. The van der Waals surface area contributed by atoms with Gasteiger partial charge in [0.1, 0.15) is 11.5 Å². The smallest absolute Gasteiger partial charge is 0.119 e. The molecule has 0 unspecified atom stereocenters. The van der Waals surface area contributed by atoms with Crippen LogP contribution in [-0.4, -0.2) is 14.2 Å². The van der Waals surface area contributed by atoms with Crippen LogP contribution in [0.4, 0.5) is 17.1 Å². The minimum absolute atomic E-state index is 0.819. The standard InChI is InChI=1S/C38H29NO2/c1-40-37-22-18-35(19-23-37)39(36-20-24-38(41-2)25-21-36)34-16-12-29(13-17-34)9-8-28-10-14-30(15-11-28)33-26-31-6-4-3-5-7-32(31)27-33/h3-7,10-27H,1-2H3. The summed E-state index contributed by atoms with van der Waals surface area (Å²) in [5.41, 5.74) is 9.94. The van der Waals surface area contributed by atoms with Crippen LogP contribution < -0.4 is 14.4 Å². The molecule has 0 bridgehead atoms. The molecule has 2 aliphatic carbocycles. The van der Waals surface area contributed by atoms with E-state index in [1.165, 1.54) is 22.3 Å². The van der Waals surface area contributed by atoms with Gasteiger partial charge in [-0.05, 0) is 119 Å². The Morgan fingerprint density at radius 2 is 0.829 bits per heavy atom. The second kappa shape index (κ2) is 11.7. The van der Waals surface area contributed by atoms with Gasteiger partial charge in [0, 0.05) is 28.2 Å². The maximum absolute atomic E-state index is 5.36. The lowest BCUT2D eigenvalue weighted by Crippen LogP contribution is -2.09. The highest BCUT2D eigenvalue weighted by Crippen LogP contribution is 2.36. The molecule has 0 fully saturated rings. The van der Waals surface area contributed by atoms with Gasteiger partial charge in [0.25, 0.3) is 0 Å². The van der Waals surface area contributed by atoms with E-state index < -0.39 is 0 Å². The van der Waals surface area contributed by atoms with Crippen molar-refractivity contribution in [2.45, 2.75) is 0 Å². The summed E-state index contributed by atoms with van der Waals surface area (Å²) in [6, 6.07) is 47.8. The highest BCUT2D eigenvalue weighted by Gasteiger charge is 2.13. The van der Waals surface area contributed by atoms with Crippen LogP contribution in [0.1, 0.15) is 11.1 Å². The first-order chi connectivity index (χ1) is 20.2. The van der Waals surface area contributed by atoms with Gasteiger partial charge < -0.3 is 14.4 Å². The van der Waals surface area contributed by atoms with Gasteiger partial charge in [-0.2, -0.15) is 0 Å². The number of rotatable bonds is 6. The third-order valence-corrected chi connectivity index (χ3v) is 7.09. The van der Waals surface area contributed by atoms with Crippen LogP contribution in [0.3, 0.4) is 0 Å². The van der Waals surface area contributed by atoms with Crippen LogP contribution >= 0.6 is 0 Å². The second-order valence-electron chi connectivity index (χ2n) is 9.67. The van der Waals surface area contributed by atoms with Crippen molar-refractivity contribution in [2.24, 2.45) is 0 Å². The Morgan fingerprint density at radius 1 is 0.415 bits per heavy atom. The summed E-state index contributed by atoms with van der Waals surface area (Å²) < 4.78 is 10.7. The Morgan fingerprint density at radius 3 is 1.27 bits per heavy atom. The molecule has 41 heavy (non-hydrogen) atoms. The first kappa shape index (κ1) is 25.8. The average molecular weight is 532 g/mol. The molecule has 4 aromatic rings. The average Bonchev–Trinajstić information content (AvgIpc) is 3.31. The quantitative estimate of drug-likeness (QED) is 0.200. The molecule has 6 rings (SSSR count). The molecule has 3 heteroatoms. The number of hydrogen-bond acceptors (Lipinski definition) is 3. The Kier molecular flexibility index (Phi) is 7.38. The molecule has 2 aliphatic rings. The van der Waals surface area contributed by atoms with Crippen molar-refractivity contribution in [2.75, 3.05) is 19.1 Å². The number of anilines is 3. The summed E-state index contributed by atoms with van der Waals surface area (Å²) >= 11 is 0. The molecule has 3 nitrogen and oxygen atoms in total. The SMILES string of the molecule is COc1ccc(N(c2ccc(C#Cc3ccc(-c4cc5cccccc-5c4)cc3)cc2)c2ccc(OC)cc2)cc1. The van der Waals surface area contributed by atoms with E-state index in [9.17, 15) is 0 Å². The predicted molar refractivity (Wildman–Crippen MR) is 169 cm³/mol. The highest BCUT2D eigenvalue weighted by molar-refractivity contribution is 5.80. The zero-order valence-electron chi connectivity index (χ0n) is 23.0. The fourth-order valence-electron chi connectivity index (χ4n) is 4.88. The molecular formula is C38H29NO2. The molecule has 0 saturated carbocycles. The monoisotopic (exact) mass is 531 g/mol. The van der Waals surface area contributed by atoms with E-state index in [0.29, 0.717) is 0 Å². The van der Waals surface area contributed by atoms with Crippen LogP contribution in [-0.2, 0) is 0 Å². The third kappa shape index (κ3) is 5.78. The molecule has 0 radical (unpaired) electrons. The highest BCUT2D eigenvalue weighted by atomic mass is 16.5. The predicted octanol–water partition coefficient (Wildman–Crippen LogP) is 9.35. The molecule has 0 aromatic heterocycles. The lowest BCUT2D eigenvalue weighted by atomic mass is 10.1. The maximum atomic E-state index is 5.36. The molecule has 0 spiro atoms. The fourth-order valence-corrected chi connectivity index (χ4v) is 4.88. The van der Waals surface area contributed by atoms with Gasteiger partial charge in [0.2, 0.25) is 0 Å². The minimum Gasteiger partial charge on any atom is -0.497 e. The molecular weight excluding hydrogens is 502 g/mol. The molecule has 0 N–H and O–H groups in total. The van der Waals surface area contributed by atoms with E-state index in [-0.39, 0.29) is 0 Å².